The van der Waals surface area contributed by atoms with E-state index in [2.05, 4.69) is 21.0 Å². The molecule has 0 spiro atoms. The first-order chi connectivity index (χ1) is 6.20. The molecule has 66 valence electrons. The van der Waals surface area contributed by atoms with Crippen LogP contribution in [-0.4, -0.2) is 20.7 Å². The molecule has 5 heteroatoms. The number of carboxylic acids is 1. The van der Waals surface area contributed by atoms with Gasteiger partial charge in [0.05, 0.1) is 5.52 Å². The summed E-state index contributed by atoms with van der Waals surface area (Å²) in [7, 11) is 0. The molecular formula is C8H5BrN2O2. The molecule has 0 amide bonds. The number of carbonyl (C=O) groups is 1. The van der Waals surface area contributed by atoms with E-state index in [1.807, 2.05) is 0 Å². The molecule has 0 unspecified atom stereocenters. The van der Waals surface area contributed by atoms with Gasteiger partial charge in [0, 0.05) is 6.20 Å². The van der Waals surface area contributed by atoms with E-state index >= 15 is 0 Å². The molecule has 0 aliphatic heterocycles. The SMILES string of the molecule is O=C(O)c1c(Br)nn2ccccc12. The van der Waals surface area contributed by atoms with Crippen LogP contribution in [0.2, 0.25) is 0 Å². The number of hydrogen-bond acceptors (Lipinski definition) is 2. The highest BCUT2D eigenvalue weighted by Crippen LogP contribution is 2.20. The second kappa shape index (κ2) is 2.85. The summed E-state index contributed by atoms with van der Waals surface area (Å²) in [6.07, 6.45) is 1.70. The molecule has 0 radical (unpaired) electrons. The van der Waals surface area contributed by atoms with Crippen molar-refractivity contribution in [2.75, 3.05) is 0 Å². The summed E-state index contributed by atoms with van der Waals surface area (Å²) in [6, 6.07) is 5.27. The summed E-state index contributed by atoms with van der Waals surface area (Å²) in [5, 5.41) is 12.9. The number of carboxylic acid groups (broad SMARTS) is 1. The standard InChI is InChI=1S/C8H5BrN2O2/c9-7-6(8(12)13)5-3-1-2-4-11(5)10-7/h1-4H,(H,12,13). The number of fused-ring (bicyclic) bond motifs is 1. The zero-order valence-electron chi connectivity index (χ0n) is 6.44. The first-order valence-corrected chi connectivity index (χ1v) is 4.35. The molecule has 2 heterocycles. The number of aromatic nitrogens is 2. The van der Waals surface area contributed by atoms with Crippen LogP contribution in [0, 0.1) is 0 Å². The predicted molar refractivity (Wildman–Crippen MR) is 49.9 cm³/mol. The molecule has 0 saturated heterocycles. The molecule has 0 fully saturated rings. The lowest BCUT2D eigenvalue weighted by atomic mass is 10.3. The van der Waals surface area contributed by atoms with Crippen LogP contribution < -0.4 is 0 Å². The Labute approximate surface area is 81.9 Å². The van der Waals surface area contributed by atoms with Crippen molar-refractivity contribution in [3.8, 4) is 0 Å². The Bertz CT molecular complexity index is 478. The maximum Gasteiger partial charge on any atom is 0.340 e. The lowest BCUT2D eigenvalue weighted by Crippen LogP contribution is -1.95. The Morgan fingerprint density at radius 3 is 3.00 bits per heavy atom. The number of halogens is 1. The minimum Gasteiger partial charge on any atom is -0.478 e. The van der Waals surface area contributed by atoms with Gasteiger partial charge in [-0.1, -0.05) is 6.07 Å². The molecule has 2 aromatic rings. The van der Waals surface area contributed by atoms with Crippen LogP contribution in [0.5, 0.6) is 0 Å². The first-order valence-electron chi connectivity index (χ1n) is 3.56. The highest BCUT2D eigenvalue weighted by Gasteiger charge is 2.15. The molecule has 0 aromatic carbocycles. The van der Waals surface area contributed by atoms with Crippen LogP contribution in [0.1, 0.15) is 10.4 Å². The Morgan fingerprint density at radius 1 is 1.54 bits per heavy atom. The Balaban J connectivity index is 2.86. The van der Waals surface area contributed by atoms with Gasteiger partial charge in [0.1, 0.15) is 10.2 Å². The molecule has 2 aromatic heterocycles. The van der Waals surface area contributed by atoms with Gasteiger partial charge in [-0.15, -0.1) is 0 Å². The third-order valence-corrected chi connectivity index (χ3v) is 2.27. The third-order valence-electron chi connectivity index (χ3n) is 1.71. The van der Waals surface area contributed by atoms with Gasteiger partial charge in [0.15, 0.2) is 0 Å². The van der Waals surface area contributed by atoms with Gasteiger partial charge in [0.25, 0.3) is 0 Å². The van der Waals surface area contributed by atoms with Gasteiger partial charge in [-0.2, -0.15) is 5.10 Å². The van der Waals surface area contributed by atoms with Gasteiger partial charge in [-0.25, -0.2) is 9.31 Å². The van der Waals surface area contributed by atoms with Crippen molar-refractivity contribution in [1.29, 1.82) is 0 Å². The molecule has 0 atom stereocenters. The van der Waals surface area contributed by atoms with Crippen LogP contribution >= 0.6 is 15.9 Å². The second-order valence-corrected chi connectivity index (χ2v) is 3.25. The number of aromatic carboxylic acids is 1. The quantitative estimate of drug-likeness (QED) is 0.828. The van der Waals surface area contributed by atoms with E-state index in [-0.39, 0.29) is 5.56 Å². The van der Waals surface area contributed by atoms with Crippen LogP contribution in [0.4, 0.5) is 0 Å². The van der Waals surface area contributed by atoms with E-state index in [0.717, 1.165) is 0 Å². The minimum atomic E-state index is -0.979. The van der Waals surface area contributed by atoms with E-state index in [9.17, 15) is 4.79 Å². The smallest absolute Gasteiger partial charge is 0.340 e. The van der Waals surface area contributed by atoms with Crippen molar-refractivity contribution in [3.63, 3.8) is 0 Å². The van der Waals surface area contributed by atoms with Crippen LogP contribution in [0.15, 0.2) is 29.0 Å². The second-order valence-electron chi connectivity index (χ2n) is 2.50. The van der Waals surface area contributed by atoms with E-state index in [0.29, 0.717) is 10.1 Å². The van der Waals surface area contributed by atoms with Gasteiger partial charge in [-0.05, 0) is 28.1 Å². The zero-order valence-corrected chi connectivity index (χ0v) is 8.02. The lowest BCUT2D eigenvalue weighted by Gasteiger charge is -1.91. The first kappa shape index (κ1) is 8.25. The molecular weight excluding hydrogens is 236 g/mol. The van der Waals surface area contributed by atoms with Crippen LogP contribution in [0.25, 0.3) is 5.52 Å². The van der Waals surface area contributed by atoms with Gasteiger partial charge in [0.2, 0.25) is 0 Å². The highest BCUT2D eigenvalue weighted by atomic mass is 79.9. The predicted octanol–water partition coefficient (Wildman–Crippen LogP) is 1.79. The maximum absolute atomic E-state index is 10.8. The third kappa shape index (κ3) is 1.21. The van der Waals surface area contributed by atoms with E-state index < -0.39 is 5.97 Å². The van der Waals surface area contributed by atoms with Crippen molar-refractivity contribution in [2.24, 2.45) is 0 Å². The van der Waals surface area contributed by atoms with Crippen molar-refractivity contribution in [1.82, 2.24) is 9.61 Å². The topological polar surface area (TPSA) is 54.6 Å². The molecule has 0 aliphatic rings. The van der Waals surface area contributed by atoms with E-state index in [1.165, 1.54) is 4.52 Å². The fourth-order valence-corrected chi connectivity index (χ4v) is 1.71. The van der Waals surface area contributed by atoms with Gasteiger partial charge < -0.3 is 5.11 Å². The summed E-state index contributed by atoms with van der Waals surface area (Å²) in [6.45, 7) is 0. The molecule has 0 aliphatic carbocycles. The highest BCUT2D eigenvalue weighted by molar-refractivity contribution is 9.10. The van der Waals surface area contributed by atoms with Gasteiger partial charge in [-0.3, -0.25) is 0 Å². The summed E-state index contributed by atoms with van der Waals surface area (Å²) < 4.78 is 1.87. The van der Waals surface area contributed by atoms with Crippen molar-refractivity contribution in [2.45, 2.75) is 0 Å². The molecule has 2 rings (SSSR count). The monoisotopic (exact) mass is 240 g/mol. The largest absolute Gasteiger partial charge is 0.478 e. The molecule has 1 N–H and O–H groups in total. The Morgan fingerprint density at radius 2 is 2.31 bits per heavy atom. The van der Waals surface area contributed by atoms with E-state index in [1.54, 1.807) is 24.4 Å². The number of rotatable bonds is 1. The number of nitrogens with zero attached hydrogens (tertiary/aromatic N) is 2. The van der Waals surface area contributed by atoms with Crippen molar-refractivity contribution >= 4 is 27.4 Å². The summed E-state index contributed by atoms with van der Waals surface area (Å²) in [5.41, 5.74) is 0.780. The van der Waals surface area contributed by atoms with Gasteiger partial charge >= 0.3 is 5.97 Å². The normalized spacial score (nSPS) is 10.5. The number of pyridine rings is 1. The van der Waals surface area contributed by atoms with Crippen LogP contribution in [0.3, 0.4) is 0 Å². The summed E-state index contributed by atoms with van der Waals surface area (Å²) in [5.74, 6) is -0.979. The van der Waals surface area contributed by atoms with Crippen LogP contribution in [-0.2, 0) is 0 Å². The average Bonchev–Trinajstić information content (AvgIpc) is 2.39. The summed E-state index contributed by atoms with van der Waals surface area (Å²) >= 11 is 3.10. The number of hydrogen-bond donors (Lipinski definition) is 1. The molecule has 0 saturated carbocycles. The summed E-state index contributed by atoms with van der Waals surface area (Å²) in [4.78, 5) is 10.8. The fraction of sp³-hybridized carbons (Fsp3) is 0. The lowest BCUT2D eigenvalue weighted by molar-refractivity contribution is 0.0698. The van der Waals surface area contributed by atoms with E-state index in [4.69, 9.17) is 5.11 Å². The fourth-order valence-electron chi connectivity index (χ4n) is 1.17. The molecule has 13 heavy (non-hydrogen) atoms. The average molecular weight is 241 g/mol. The van der Waals surface area contributed by atoms with Crippen molar-refractivity contribution < 1.29 is 9.90 Å². The zero-order chi connectivity index (χ0) is 9.42. The minimum absolute atomic E-state index is 0.195. The Kier molecular flexibility index (Phi) is 1.81. The molecule has 4 nitrogen and oxygen atoms in total. The maximum atomic E-state index is 10.8. The Hall–Kier alpha value is -1.36. The molecule has 0 bridgehead atoms. The van der Waals surface area contributed by atoms with Crippen molar-refractivity contribution in [3.05, 3.63) is 34.6 Å².